The number of hydrogen-bond donors (Lipinski definition) is 1. The van der Waals surface area contributed by atoms with E-state index in [9.17, 15) is 29.4 Å². The van der Waals surface area contributed by atoms with Crippen LogP contribution in [0.3, 0.4) is 0 Å². The molecule has 0 radical (unpaired) electrons. The van der Waals surface area contributed by atoms with Crippen molar-refractivity contribution in [1.82, 2.24) is 9.78 Å². The number of nitro groups is 2. The van der Waals surface area contributed by atoms with Gasteiger partial charge in [-0.25, -0.2) is 4.39 Å². The standard InChI is InChI=1S/C18H13ClFN5O5/c1-10-5-17(22-23(10)9-14-15(19)3-2-4-16(14)20)21-18(26)11-6-12(24(27)28)8-13(7-11)25(29)30/h2-8H,9H2,1H3,(H,21,22,26). The predicted octanol–water partition coefficient (Wildman–Crippen LogP) is 4.10. The molecular formula is C18H13ClFN5O5. The third kappa shape index (κ3) is 4.41. The number of rotatable bonds is 6. The zero-order chi connectivity index (χ0) is 22.0. The number of hydrogen-bond acceptors (Lipinski definition) is 6. The Bertz CT molecular complexity index is 1130. The lowest BCUT2D eigenvalue weighted by atomic mass is 10.1. The van der Waals surface area contributed by atoms with E-state index in [0.717, 1.165) is 18.2 Å². The van der Waals surface area contributed by atoms with Crippen molar-refractivity contribution in [2.75, 3.05) is 5.32 Å². The van der Waals surface area contributed by atoms with Gasteiger partial charge in [-0.05, 0) is 19.1 Å². The fourth-order valence-electron chi connectivity index (χ4n) is 2.69. The molecule has 154 valence electrons. The Morgan fingerprint density at radius 1 is 1.17 bits per heavy atom. The van der Waals surface area contributed by atoms with Gasteiger partial charge < -0.3 is 5.32 Å². The van der Waals surface area contributed by atoms with Crippen LogP contribution in [0.5, 0.6) is 0 Å². The Morgan fingerprint density at radius 3 is 2.37 bits per heavy atom. The molecule has 0 aliphatic carbocycles. The highest BCUT2D eigenvalue weighted by Gasteiger charge is 2.21. The average molecular weight is 434 g/mol. The number of carbonyl (C=O) groups excluding carboxylic acids is 1. The number of nitrogens with zero attached hydrogens (tertiary/aromatic N) is 4. The van der Waals surface area contributed by atoms with Gasteiger partial charge in [-0.15, -0.1) is 0 Å². The van der Waals surface area contributed by atoms with Crippen molar-refractivity contribution < 1.29 is 19.0 Å². The Hall–Kier alpha value is -3.86. The maximum Gasteiger partial charge on any atom is 0.277 e. The van der Waals surface area contributed by atoms with Crippen LogP contribution < -0.4 is 5.32 Å². The quantitative estimate of drug-likeness (QED) is 0.459. The number of halogens is 2. The summed E-state index contributed by atoms with van der Waals surface area (Å²) in [5.41, 5.74) is -0.664. The molecule has 10 nitrogen and oxygen atoms in total. The topological polar surface area (TPSA) is 133 Å². The van der Waals surface area contributed by atoms with Gasteiger partial charge in [0.25, 0.3) is 17.3 Å². The molecule has 0 bridgehead atoms. The molecule has 1 N–H and O–H groups in total. The van der Waals surface area contributed by atoms with Gasteiger partial charge in [-0.1, -0.05) is 17.7 Å². The largest absolute Gasteiger partial charge is 0.305 e. The van der Waals surface area contributed by atoms with Gasteiger partial charge in [-0.3, -0.25) is 29.7 Å². The second-order valence-corrected chi connectivity index (χ2v) is 6.64. The van der Waals surface area contributed by atoms with Crippen LogP contribution >= 0.6 is 11.6 Å². The van der Waals surface area contributed by atoms with E-state index >= 15 is 0 Å². The fraction of sp³-hybridized carbons (Fsp3) is 0.111. The molecule has 0 saturated heterocycles. The van der Waals surface area contributed by atoms with Crippen LogP contribution in [0, 0.1) is 33.0 Å². The molecule has 0 aliphatic rings. The monoisotopic (exact) mass is 433 g/mol. The number of carbonyl (C=O) groups is 1. The van der Waals surface area contributed by atoms with Crippen LogP contribution in [0.2, 0.25) is 5.02 Å². The maximum absolute atomic E-state index is 14.0. The van der Waals surface area contributed by atoms with Crippen molar-refractivity contribution in [3.05, 3.63) is 90.4 Å². The summed E-state index contributed by atoms with van der Waals surface area (Å²) in [4.78, 5) is 32.8. The van der Waals surface area contributed by atoms with Gasteiger partial charge in [0.1, 0.15) is 5.82 Å². The molecule has 2 aromatic carbocycles. The third-order valence-corrected chi connectivity index (χ3v) is 4.53. The molecule has 30 heavy (non-hydrogen) atoms. The molecule has 3 aromatic rings. The number of non-ortho nitro benzene ring substituents is 2. The SMILES string of the molecule is Cc1cc(NC(=O)c2cc([N+](=O)[O-])cc([N+](=O)[O-])c2)nn1Cc1c(F)cccc1Cl. The van der Waals surface area contributed by atoms with Crippen LogP contribution in [-0.4, -0.2) is 25.5 Å². The number of benzene rings is 2. The van der Waals surface area contributed by atoms with Crippen LogP contribution in [0.15, 0.2) is 42.5 Å². The number of nitrogens with one attached hydrogen (secondary N) is 1. The van der Waals surface area contributed by atoms with E-state index in [1.807, 2.05) is 0 Å². The van der Waals surface area contributed by atoms with Crippen molar-refractivity contribution in [2.45, 2.75) is 13.5 Å². The number of aryl methyl sites for hydroxylation is 1. The van der Waals surface area contributed by atoms with E-state index in [4.69, 9.17) is 11.6 Å². The summed E-state index contributed by atoms with van der Waals surface area (Å²) in [7, 11) is 0. The second-order valence-electron chi connectivity index (χ2n) is 6.24. The molecule has 0 fully saturated rings. The van der Waals surface area contributed by atoms with Crippen LogP contribution in [0.1, 0.15) is 21.6 Å². The van der Waals surface area contributed by atoms with Crippen LogP contribution in [-0.2, 0) is 6.54 Å². The normalized spacial score (nSPS) is 10.6. The highest BCUT2D eigenvalue weighted by molar-refractivity contribution is 6.31. The Kier molecular flexibility index (Phi) is 5.74. The van der Waals surface area contributed by atoms with E-state index in [0.29, 0.717) is 5.69 Å². The average Bonchev–Trinajstić information content (AvgIpc) is 3.03. The lowest BCUT2D eigenvalue weighted by molar-refractivity contribution is -0.394. The summed E-state index contributed by atoms with van der Waals surface area (Å²) in [5, 5.41) is 28.8. The first-order chi connectivity index (χ1) is 14.2. The van der Waals surface area contributed by atoms with Crippen molar-refractivity contribution in [2.24, 2.45) is 0 Å². The summed E-state index contributed by atoms with van der Waals surface area (Å²) in [6, 6.07) is 8.37. The third-order valence-electron chi connectivity index (χ3n) is 4.18. The highest BCUT2D eigenvalue weighted by atomic mass is 35.5. The molecular weight excluding hydrogens is 421 g/mol. The molecule has 0 atom stereocenters. The van der Waals surface area contributed by atoms with E-state index < -0.39 is 32.9 Å². The Morgan fingerprint density at radius 2 is 1.80 bits per heavy atom. The van der Waals surface area contributed by atoms with Crippen molar-refractivity contribution in [1.29, 1.82) is 0 Å². The van der Waals surface area contributed by atoms with Crippen LogP contribution in [0.25, 0.3) is 0 Å². The molecule has 0 saturated carbocycles. The van der Waals surface area contributed by atoms with E-state index in [1.165, 1.54) is 28.9 Å². The summed E-state index contributed by atoms with van der Waals surface area (Å²) < 4.78 is 15.4. The lowest BCUT2D eigenvalue weighted by Gasteiger charge is -2.07. The minimum atomic E-state index is -0.833. The summed E-state index contributed by atoms with van der Waals surface area (Å²) in [6.07, 6.45) is 0. The minimum absolute atomic E-state index is 0.00942. The molecule has 1 heterocycles. The van der Waals surface area contributed by atoms with Gasteiger partial charge in [0.2, 0.25) is 0 Å². The first-order valence-corrected chi connectivity index (χ1v) is 8.76. The maximum atomic E-state index is 14.0. The summed E-state index contributed by atoms with van der Waals surface area (Å²) >= 11 is 6.02. The van der Waals surface area contributed by atoms with E-state index in [2.05, 4.69) is 10.4 Å². The highest BCUT2D eigenvalue weighted by Crippen LogP contribution is 2.24. The van der Waals surface area contributed by atoms with Crippen molar-refractivity contribution >= 4 is 34.7 Å². The molecule has 0 aliphatic heterocycles. The van der Waals surface area contributed by atoms with Crippen molar-refractivity contribution in [3.63, 3.8) is 0 Å². The number of amides is 1. The zero-order valence-corrected chi connectivity index (χ0v) is 16.1. The predicted molar refractivity (Wildman–Crippen MR) is 105 cm³/mol. The fourth-order valence-corrected chi connectivity index (χ4v) is 2.91. The molecule has 3 rings (SSSR count). The van der Waals surface area contributed by atoms with Gasteiger partial charge in [0.15, 0.2) is 5.82 Å². The molecule has 1 amide bonds. The molecule has 12 heteroatoms. The smallest absolute Gasteiger partial charge is 0.277 e. The number of aromatic nitrogens is 2. The summed E-state index contributed by atoms with van der Waals surface area (Å²) in [6.45, 7) is 1.69. The molecule has 0 unspecified atom stereocenters. The number of nitro benzene ring substituents is 2. The minimum Gasteiger partial charge on any atom is -0.305 e. The van der Waals surface area contributed by atoms with Gasteiger partial charge in [-0.2, -0.15) is 5.10 Å². The van der Waals surface area contributed by atoms with Crippen molar-refractivity contribution in [3.8, 4) is 0 Å². The van der Waals surface area contributed by atoms with E-state index in [-0.39, 0.29) is 28.5 Å². The lowest BCUT2D eigenvalue weighted by Crippen LogP contribution is -2.14. The van der Waals surface area contributed by atoms with Gasteiger partial charge >= 0.3 is 0 Å². The zero-order valence-electron chi connectivity index (χ0n) is 15.3. The Balaban J connectivity index is 1.86. The van der Waals surface area contributed by atoms with Gasteiger partial charge in [0, 0.05) is 34.5 Å². The molecule has 0 spiro atoms. The molecule has 1 aromatic heterocycles. The number of anilines is 1. The summed E-state index contributed by atoms with van der Waals surface area (Å²) in [5.74, 6) is -1.25. The first kappa shape index (κ1) is 20.9. The van der Waals surface area contributed by atoms with Gasteiger partial charge in [0.05, 0.1) is 28.0 Å². The second kappa shape index (κ2) is 8.25. The first-order valence-electron chi connectivity index (χ1n) is 8.38. The van der Waals surface area contributed by atoms with Crippen LogP contribution in [0.4, 0.5) is 21.6 Å². The Labute approximate surface area is 173 Å². The van der Waals surface area contributed by atoms with E-state index in [1.54, 1.807) is 6.92 Å².